The molecule has 0 aliphatic carbocycles. The summed E-state index contributed by atoms with van der Waals surface area (Å²) in [4.78, 5) is 27.7. The van der Waals surface area contributed by atoms with Gasteiger partial charge in [0.2, 0.25) is 0 Å². The molecule has 0 saturated carbocycles. The number of likely N-dealkylation sites (N-methyl/N-ethyl adjacent to an activating group) is 1. The molecule has 0 radical (unpaired) electrons. The zero-order chi connectivity index (χ0) is 21.7. The van der Waals surface area contributed by atoms with E-state index in [0.717, 1.165) is 35.3 Å². The Hall–Kier alpha value is -3.12. The lowest BCUT2D eigenvalue weighted by molar-refractivity contribution is 0.0936. The standard InChI is InChI=1S/C24H29N3O3/c1-5-27(6-2)22(17-10-9-11-18(14-17)30-4)16-25-24(29)20-15-23(28)26(3)21-13-8-7-12-19(20)21/h7-15,22H,5-6,16H2,1-4H3,(H,25,29). The maximum absolute atomic E-state index is 13.1. The van der Waals surface area contributed by atoms with Crippen LogP contribution in [0.2, 0.25) is 0 Å². The van der Waals surface area contributed by atoms with Crippen LogP contribution in [0.25, 0.3) is 10.9 Å². The Bertz CT molecular complexity index is 1090. The Labute approximate surface area is 177 Å². The molecule has 3 rings (SSSR count). The molecule has 1 atom stereocenters. The third-order valence-electron chi connectivity index (χ3n) is 5.59. The number of rotatable bonds is 8. The molecule has 1 amide bonds. The number of benzene rings is 2. The van der Waals surface area contributed by atoms with Crippen LogP contribution in [0.4, 0.5) is 0 Å². The lowest BCUT2D eigenvalue weighted by Crippen LogP contribution is -2.38. The number of amides is 1. The minimum absolute atomic E-state index is 0.00291. The number of nitrogens with one attached hydrogen (secondary N) is 1. The third kappa shape index (κ3) is 4.39. The fourth-order valence-corrected chi connectivity index (χ4v) is 3.85. The highest BCUT2D eigenvalue weighted by molar-refractivity contribution is 6.06. The number of methoxy groups -OCH3 is 1. The van der Waals surface area contributed by atoms with Crippen molar-refractivity contribution in [2.24, 2.45) is 7.05 Å². The lowest BCUT2D eigenvalue weighted by Gasteiger charge is -2.30. The molecule has 0 bridgehead atoms. The van der Waals surface area contributed by atoms with Crippen LogP contribution < -0.4 is 15.6 Å². The molecule has 1 unspecified atom stereocenters. The van der Waals surface area contributed by atoms with E-state index >= 15 is 0 Å². The van der Waals surface area contributed by atoms with Gasteiger partial charge < -0.3 is 14.6 Å². The van der Waals surface area contributed by atoms with Crippen LogP contribution in [0.1, 0.15) is 35.8 Å². The highest BCUT2D eigenvalue weighted by Crippen LogP contribution is 2.24. The molecular formula is C24H29N3O3. The predicted octanol–water partition coefficient (Wildman–Crippen LogP) is 3.36. The van der Waals surface area contributed by atoms with Crippen LogP contribution in [0.15, 0.2) is 59.4 Å². The molecule has 158 valence electrons. The van der Waals surface area contributed by atoms with Gasteiger partial charge in [-0.05, 0) is 36.9 Å². The number of carbonyl (C=O) groups is 1. The molecule has 0 aliphatic heterocycles. The Kier molecular flexibility index (Phi) is 6.90. The van der Waals surface area contributed by atoms with Gasteiger partial charge in [-0.2, -0.15) is 0 Å². The van der Waals surface area contributed by atoms with Crippen LogP contribution in [-0.4, -0.2) is 42.1 Å². The summed E-state index contributed by atoms with van der Waals surface area (Å²) in [6, 6.07) is 16.8. The van der Waals surface area contributed by atoms with Crippen molar-refractivity contribution in [2.75, 3.05) is 26.7 Å². The zero-order valence-corrected chi connectivity index (χ0v) is 18.0. The second-order valence-electron chi connectivity index (χ2n) is 7.20. The van der Waals surface area contributed by atoms with Crippen molar-refractivity contribution in [3.8, 4) is 5.75 Å². The number of carbonyl (C=O) groups excluding carboxylic acids is 1. The molecule has 2 aromatic carbocycles. The second kappa shape index (κ2) is 9.59. The van der Waals surface area contributed by atoms with Crippen LogP contribution in [0, 0.1) is 0 Å². The fourth-order valence-electron chi connectivity index (χ4n) is 3.85. The molecule has 6 nitrogen and oxygen atoms in total. The highest BCUT2D eigenvalue weighted by atomic mass is 16.5. The molecule has 0 aliphatic rings. The molecule has 6 heteroatoms. The smallest absolute Gasteiger partial charge is 0.252 e. The van der Waals surface area contributed by atoms with Gasteiger partial charge in [0.25, 0.3) is 11.5 Å². The van der Waals surface area contributed by atoms with E-state index in [2.05, 4.69) is 24.1 Å². The first-order valence-electron chi connectivity index (χ1n) is 10.2. The normalized spacial score (nSPS) is 12.2. The van der Waals surface area contributed by atoms with Gasteiger partial charge in [0, 0.05) is 25.0 Å². The molecule has 0 fully saturated rings. The average Bonchev–Trinajstić information content (AvgIpc) is 2.78. The van der Waals surface area contributed by atoms with E-state index in [1.807, 2.05) is 48.5 Å². The Morgan fingerprint density at radius 1 is 1.10 bits per heavy atom. The number of ether oxygens (including phenoxy) is 1. The van der Waals surface area contributed by atoms with E-state index in [1.54, 1.807) is 18.7 Å². The van der Waals surface area contributed by atoms with Crippen LogP contribution in [0.5, 0.6) is 5.75 Å². The van der Waals surface area contributed by atoms with Gasteiger partial charge in [0.1, 0.15) is 5.75 Å². The first-order valence-corrected chi connectivity index (χ1v) is 10.2. The Morgan fingerprint density at radius 3 is 2.53 bits per heavy atom. The lowest BCUT2D eigenvalue weighted by atomic mass is 10.0. The van der Waals surface area contributed by atoms with E-state index in [9.17, 15) is 9.59 Å². The second-order valence-corrected chi connectivity index (χ2v) is 7.20. The summed E-state index contributed by atoms with van der Waals surface area (Å²) >= 11 is 0. The zero-order valence-electron chi connectivity index (χ0n) is 18.0. The van der Waals surface area contributed by atoms with Crippen molar-refractivity contribution in [1.82, 2.24) is 14.8 Å². The number of nitrogens with zero attached hydrogens (tertiary/aromatic N) is 2. The minimum Gasteiger partial charge on any atom is -0.497 e. The average molecular weight is 408 g/mol. The predicted molar refractivity (Wildman–Crippen MR) is 120 cm³/mol. The summed E-state index contributed by atoms with van der Waals surface area (Å²) in [5.41, 5.74) is 2.01. The number of aryl methyl sites for hydroxylation is 1. The molecule has 0 saturated heterocycles. The number of aromatic nitrogens is 1. The van der Waals surface area contributed by atoms with Crippen molar-refractivity contribution < 1.29 is 9.53 Å². The number of hydrogen-bond acceptors (Lipinski definition) is 4. The maximum atomic E-state index is 13.1. The summed E-state index contributed by atoms with van der Waals surface area (Å²) in [5, 5.41) is 3.82. The van der Waals surface area contributed by atoms with Crippen molar-refractivity contribution in [2.45, 2.75) is 19.9 Å². The quantitative estimate of drug-likeness (QED) is 0.622. The Morgan fingerprint density at radius 2 is 1.83 bits per heavy atom. The van der Waals surface area contributed by atoms with E-state index in [1.165, 1.54) is 6.07 Å². The van der Waals surface area contributed by atoms with E-state index < -0.39 is 0 Å². The number of pyridine rings is 1. The summed E-state index contributed by atoms with van der Waals surface area (Å²) in [6.07, 6.45) is 0. The molecule has 1 N–H and O–H groups in total. The topological polar surface area (TPSA) is 63.6 Å². The largest absolute Gasteiger partial charge is 0.497 e. The van der Waals surface area contributed by atoms with Crippen LogP contribution in [0.3, 0.4) is 0 Å². The SMILES string of the molecule is CCN(CC)C(CNC(=O)c1cc(=O)n(C)c2ccccc12)c1cccc(OC)c1. The maximum Gasteiger partial charge on any atom is 0.252 e. The monoisotopic (exact) mass is 407 g/mol. The van der Waals surface area contributed by atoms with Crippen LogP contribution >= 0.6 is 0 Å². The molecule has 1 heterocycles. The highest BCUT2D eigenvalue weighted by Gasteiger charge is 2.21. The van der Waals surface area contributed by atoms with E-state index in [0.29, 0.717) is 12.1 Å². The van der Waals surface area contributed by atoms with Gasteiger partial charge in [-0.3, -0.25) is 14.5 Å². The summed E-state index contributed by atoms with van der Waals surface area (Å²) in [6.45, 7) is 6.34. The van der Waals surface area contributed by atoms with E-state index in [-0.39, 0.29) is 17.5 Å². The number of para-hydroxylation sites is 1. The van der Waals surface area contributed by atoms with E-state index in [4.69, 9.17) is 4.74 Å². The molecular weight excluding hydrogens is 378 g/mol. The van der Waals surface area contributed by atoms with Gasteiger partial charge >= 0.3 is 0 Å². The van der Waals surface area contributed by atoms with Gasteiger partial charge in [0.05, 0.1) is 24.2 Å². The molecule has 30 heavy (non-hydrogen) atoms. The minimum atomic E-state index is -0.246. The third-order valence-corrected chi connectivity index (χ3v) is 5.59. The number of hydrogen-bond donors (Lipinski definition) is 1. The summed E-state index contributed by atoms with van der Waals surface area (Å²) in [7, 11) is 3.36. The van der Waals surface area contributed by atoms with Crippen molar-refractivity contribution in [3.63, 3.8) is 0 Å². The fraction of sp³-hybridized carbons (Fsp3) is 0.333. The van der Waals surface area contributed by atoms with Crippen molar-refractivity contribution in [1.29, 1.82) is 0 Å². The molecule has 1 aromatic heterocycles. The summed E-state index contributed by atoms with van der Waals surface area (Å²) < 4.78 is 6.93. The van der Waals surface area contributed by atoms with Gasteiger partial charge in [-0.25, -0.2) is 0 Å². The summed E-state index contributed by atoms with van der Waals surface area (Å²) in [5.74, 6) is 0.539. The van der Waals surface area contributed by atoms with Crippen molar-refractivity contribution in [3.05, 3.63) is 76.1 Å². The first kappa shape index (κ1) is 21.6. The Balaban J connectivity index is 1.90. The van der Waals surface area contributed by atoms with Crippen LogP contribution in [-0.2, 0) is 7.05 Å². The van der Waals surface area contributed by atoms with Gasteiger partial charge in [0.15, 0.2) is 0 Å². The van der Waals surface area contributed by atoms with Crippen molar-refractivity contribution >= 4 is 16.8 Å². The molecule has 0 spiro atoms. The molecule has 3 aromatic rings. The first-order chi connectivity index (χ1) is 14.5. The van der Waals surface area contributed by atoms with Gasteiger partial charge in [-0.1, -0.05) is 44.2 Å². The van der Waals surface area contributed by atoms with Gasteiger partial charge in [-0.15, -0.1) is 0 Å². The number of fused-ring (bicyclic) bond motifs is 1.